The zero-order valence-electron chi connectivity index (χ0n) is 14.8. The topological polar surface area (TPSA) is 76.7 Å². The quantitative estimate of drug-likeness (QED) is 0.683. The van der Waals surface area contributed by atoms with E-state index in [9.17, 15) is 9.59 Å². The van der Waals surface area contributed by atoms with Crippen molar-refractivity contribution in [1.29, 1.82) is 0 Å². The van der Waals surface area contributed by atoms with Crippen molar-refractivity contribution in [3.05, 3.63) is 58.6 Å². The van der Waals surface area contributed by atoms with Crippen LogP contribution in [0.5, 0.6) is 11.5 Å². The van der Waals surface area contributed by atoms with E-state index in [0.29, 0.717) is 28.7 Å². The van der Waals surface area contributed by atoms with Crippen molar-refractivity contribution in [2.75, 3.05) is 20.2 Å². The summed E-state index contributed by atoms with van der Waals surface area (Å²) in [5.74, 6) is 2.42. The largest absolute Gasteiger partial charge is 0.493 e. The summed E-state index contributed by atoms with van der Waals surface area (Å²) >= 11 is 5.86. The van der Waals surface area contributed by atoms with Gasteiger partial charge in [0.2, 0.25) is 5.91 Å². The van der Waals surface area contributed by atoms with Gasteiger partial charge >= 0.3 is 0 Å². The fraction of sp³-hybridized carbons (Fsp3) is 0.200. The molecule has 6 nitrogen and oxygen atoms in total. The Hall–Kier alpha value is -3.17. The first-order chi connectivity index (χ1) is 13.0. The molecule has 7 heteroatoms. The van der Waals surface area contributed by atoms with Gasteiger partial charge in [-0.25, -0.2) is 0 Å². The summed E-state index contributed by atoms with van der Waals surface area (Å²) in [6.45, 7) is 0.272. The lowest BCUT2D eigenvalue weighted by molar-refractivity contribution is -0.119. The van der Waals surface area contributed by atoms with Crippen molar-refractivity contribution in [3.63, 3.8) is 0 Å². The first-order valence-electron chi connectivity index (χ1n) is 8.07. The number of benzene rings is 2. The van der Waals surface area contributed by atoms with Gasteiger partial charge in [-0.05, 0) is 35.9 Å². The molecule has 0 aliphatic rings. The Morgan fingerprint density at radius 1 is 1.11 bits per heavy atom. The molecule has 27 heavy (non-hydrogen) atoms. The van der Waals surface area contributed by atoms with Crippen LogP contribution in [-0.4, -0.2) is 32.0 Å². The third-order valence-electron chi connectivity index (χ3n) is 3.53. The standard InChI is InChI=1S/C20H19ClN2O4/c1-3-10-22-19(24)12-23-20(25)15-6-9-17(18(11-15)26-2)27-13-14-4-7-16(21)8-5-14/h1,4-9,11H,10,12-13H2,2H3,(H,22,24)(H,23,25). The van der Waals surface area contributed by atoms with Crippen LogP contribution in [0, 0.1) is 12.3 Å². The van der Waals surface area contributed by atoms with Gasteiger partial charge in [0.1, 0.15) is 6.61 Å². The highest BCUT2D eigenvalue weighted by molar-refractivity contribution is 6.30. The molecule has 0 bridgehead atoms. The molecular formula is C20H19ClN2O4. The maximum atomic E-state index is 12.2. The molecule has 0 radical (unpaired) electrons. The number of carbonyl (C=O) groups excluding carboxylic acids is 2. The average molecular weight is 387 g/mol. The molecule has 0 saturated carbocycles. The van der Waals surface area contributed by atoms with E-state index in [-0.39, 0.29) is 19.0 Å². The Bertz CT molecular complexity index is 844. The summed E-state index contributed by atoms with van der Waals surface area (Å²) in [6, 6.07) is 12.1. The minimum Gasteiger partial charge on any atom is -0.493 e. The van der Waals surface area contributed by atoms with E-state index in [1.807, 2.05) is 12.1 Å². The van der Waals surface area contributed by atoms with E-state index < -0.39 is 5.91 Å². The second-order valence-corrected chi connectivity index (χ2v) is 5.88. The molecule has 0 atom stereocenters. The number of hydrogen-bond donors (Lipinski definition) is 2. The number of carbonyl (C=O) groups is 2. The van der Waals surface area contributed by atoms with Crippen molar-refractivity contribution < 1.29 is 19.1 Å². The van der Waals surface area contributed by atoms with Gasteiger partial charge in [0, 0.05) is 10.6 Å². The number of halogens is 1. The van der Waals surface area contributed by atoms with Gasteiger partial charge in [-0.2, -0.15) is 0 Å². The van der Waals surface area contributed by atoms with Crippen LogP contribution in [0.1, 0.15) is 15.9 Å². The third kappa shape index (κ3) is 6.24. The molecule has 0 aliphatic heterocycles. The van der Waals surface area contributed by atoms with Gasteiger partial charge in [0.15, 0.2) is 11.5 Å². The highest BCUT2D eigenvalue weighted by Gasteiger charge is 2.12. The second kappa shape index (κ2) is 10.1. The van der Waals surface area contributed by atoms with E-state index in [1.165, 1.54) is 7.11 Å². The predicted octanol–water partition coefficient (Wildman–Crippen LogP) is 2.41. The summed E-state index contributed by atoms with van der Waals surface area (Å²) in [7, 11) is 1.49. The number of nitrogens with one attached hydrogen (secondary N) is 2. The van der Waals surface area contributed by atoms with Crippen LogP contribution in [0.3, 0.4) is 0 Å². The van der Waals surface area contributed by atoms with Crippen molar-refractivity contribution in [2.45, 2.75) is 6.61 Å². The molecule has 140 valence electrons. The summed E-state index contributed by atoms with van der Waals surface area (Å²) in [5.41, 5.74) is 1.29. The zero-order chi connectivity index (χ0) is 19.6. The molecule has 0 fully saturated rings. The van der Waals surface area contributed by atoms with Gasteiger partial charge < -0.3 is 20.1 Å². The van der Waals surface area contributed by atoms with Crippen LogP contribution in [0.2, 0.25) is 5.02 Å². The molecule has 0 aliphatic carbocycles. The van der Waals surface area contributed by atoms with Crippen molar-refractivity contribution >= 4 is 23.4 Å². The molecule has 2 rings (SSSR count). The number of hydrogen-bond acceptors (Lipinski definition) is 4. The number of terminal acetylenes is 1. The molecule has 0 unspecified atom stereocenters. The highest BCUT2D eigenvalue weighted by Crippen LogP contribution is 2.29. The van der Waals surface area contributed by atoms with Gasteiger partial charge in [-0.1, -0.05) is 29.7 Å². The Labute approximate surface area is 162 Å². The smallest absolute Gasteiger partial charge is 0.251 e. The monoisotopic (exact) mass is 386 g/mol. The molecule has 2 N–H and O–H groups in total. The molecule has 0 heterocycles. The number of methoxy groups -OCH3 is 1. The summed E-state index contributed by atoms with van der Waals surface area (Å²) < 4.78 is 11.0. The average Bonchev–Trinajstić information content (AvgIpc) is 2.69. The van der Waals surface area contributed by atoms with E-state index in [1.54, 1.807) is 30.3 Å². The van der Waals surface area contributed by atoms with E-state index in [4.69, 9.17) is 27.5 Å². The van der Waals surface area contributed by atoms with Crippen molar-refractivity contribution in [1.82, 2.24) is 10.6 Å². The lowest BCUT2D eigenvalue weighted by atomic mass is 10.2. The van der Waals surface area contributed by atoms with Gasteiger partial charge in [-0.3, -0.25) is 9.59 Å². The first kappa shape index (κ1) is 20.1. The number of ether oxygens (including phenoxy) is 2. The van der Waals surface area contributed by atoms with Crippen LogP contribution in [0.15, 0.2) is 42.5 Å². The number of rotatable bonds is 8. The summed E-state index contributed by atoms with van der Waals surface area (Å²) in [4.78, 5) is 23.7. The van der Waals surface area contributed by atoms with E-state index in [0.717, 1.165) is 5.56 Å². The van der Waals surface area contributed by atoms with Crippen LogP contribution in [0.4, 0.5) is 0 Å². The Morgan fingerprint density at radius 2 is 1.85 bits per heavy atom. The molecule has 2 aromatic carbocycles. The molecule has 0 saturated heterocycles. The molecular weight excluding hydrogens is 368 g/mol. The van der Waals surface area contributed by atoms with Gasteiger partial charge in [-0.15, -0.1) is 6.42 Å². The first-order valence-corrected chi connectivity index (χ1v) is 8.45. The van der Waals surface area contributed by atoms with Crippen LogP contribution < -0.4 is 20.1 Å². The van der Waals surface area contributed by atoms with E-state index >= 15 is 0 Å². The molecule has 2 amide bonds. The SMILES string of the molecule is C#CCNC(=O)CNC(=O)c1ccc(OCc2ccc(Cl)cc2)c(OC)c1. The lowest BCUT2D eigenvalue weighted by Crippen LogP contribution is -2.37. The normalized spacial score (nSPS) is 9.81. The van der Waals surface area contributed by atoms with Crippen LogP contribution in [-0.2, 0) is 11.4 Å². The lowest BCUT2D eigenvalue weighted by Gasteiger charge is -2.12. The maximum absolute atomic E-state index is 12.2. The molecule has 2 aromatic rings. The van der Waals surface area contributed by atoms with Gasteiger partial charge in [0.25, 0.3) is 5.91 Å². The van der Waals surface area contributed by atoms with Crippen LogP contribution in [0.25, 0.3) is 0 Å². The highest BCUT2D eigenvalue weighted by atomic mass is 35.5. The predicted molar refractivity (Wildman–Crippen MR) is 103 cm³/mol. The fourth-order valence-electron chi connectivity index (χ4n) is 2.14. The third-order valence-corrected chi connectivity index (χ3v) is 3.78. The summed E-state index contributed by atoms with van der Waals surface area (Å²) in [5, 5.41) is 5.63. The minimum absolute atomic E-state index is 0.113. The molecule has 0 spiro atoms. The Kier molecular flexibility index (Phi) is 7.53. The molecule has 0 aromatic heterocycles. The second-order valence-electron chi connectivity index (χ2n) is 5.44. The maximum Gasteiger partial charge on any atom is 0.251 e. The zero-order valence-corrected chi connectivity index (χ0v) is 15.5. The van der Waals surface area contributed by atoms with E-state index in [2.05, 4.69) is 16.6 Å². The van der Waals surface area contributed by atoms with Gasteiger partial charge in [0.05, 0.1) is 20.2 Å². The number of amides is 2. The Balaban J connectivity index is 1.98. The summed E-state index contributed by atoms with van der Waals surface area (Å²) in [6.07, 6.45) is 5.05. The minimum atomic E-state index is -0.409. The van der Waals surface area contributed by atoms with Crippen LogP contribution >= 0.6 is 11.6 Å². The van der Waals surface area contributed by atoms with Crippen molar-refractivity contribution in [3.8, 4) is 23.8 Å². The van der Waals surface area contributed by atoms with Crippen molar-refractivity contribution in [2.24, 2.45) is 0 Å². The Morgan fingerprint density at radius 3 is 2.52 bits per heavy atom. The fourth-order valence-corrected chi connectivity index (χ4v) is 2.27.